The van der Waals surface area contributed by atoms with Gasteiger partial charge in [-0.25, -0.2) is 0 Å². The lowest BCUT2D eigenvalue weighted by Crippen LogP contribution is -2.10. The fraction of sp³-hybridized carbons (Fsp3) is 0.0588. The summed E-state index contributed by atoms with van der Waals surface area (Å²) in [7, 11) is 0. The molecule has 3 heteroatoms. The van der Waals surface area contributed by atoms with E-state index in [1.807, 2.05) is 36.4 Å². The Labute approximate surface area is 116 Å². The van der Waals surface area contributed by atoms with Gasteiger partial charge >= 0.3 is 0 Å². The molecule has 1 aromatic heterocycles. The maximum Gasteiger partial charge on any atom is 0.219 e. The van der Waals surface area contributed by atoms with Gasteiger partial charge in [0.2, 0.25) is 5.78 Å². The van der Waals surface area contributed by atoms with Crippen molar-refractivity contribution in [1.82, 2.24) is 0 Å². The first-order chi connectivity index (χ1) is 9.79. The fourth-order valence-corrected chi connectivity index (χ4v) is 2.18. The summed E-state index contributed by atoms with van der Waals surface area (Å²) >= 11 is 0. The number of hydrogen-bond acceptors (Lipinski definition) is 3. The van der Waals surface area contributed by atoms with Crippen molar-refractivity contribution in [3.8, 4) is 6.07 Å². The Hall–Kier alpha value is -2.86. The van der Waals surface area contributed by atoms with Crippen LogP contribution < -0.4 is 0 Å². The van der Waals surface area contributed by atoms with Crippen molar-refractivity contribution < 1.29 is 9.21 Å². The largest absolute Gasteiger partial charge is 0.453 e. The second-order valence-corrected chi connectivity index (χ2v) is 4.49. The number of ketones is 1. The van der Waals surface area contributed by atoms with E-state index < -0.39 is 5.92 Å². The number of rotatable bonds is 3. The van der Waals surface area contributed by atoms with E-state index in [0.717, 1.165) is 5.39 Å². The molecule has 1 unspecified atom stereocenters. The monoisotopic (exact) mass is 261 g/mol. The van der Waals surface area contributed by atoms with Crippen LogP contribution >= 0.6 is 0 Å². The highest BCUT2D eigenvalue weighted by Gasteiger charge is 2.24. The van der Waals surface area contributed by atoms with Gasteiger partial charge in [-0.15, -0.1) is 0 Å². The molecular formula is C17H11NO2. The van der Waals surface area contributed by atoms with E-state index in [9.17, 15) is 10.1 Å². The molecule has 1 atom stereocenters. The standard InChI is InChI=1S/C17H11NO2/c18-11-14(12-6-2-1-3-7-12)17(19)16-10-13-8-4-5-9-15(13)20-16/h1-10,14H. The van der Waals surface area contributed by atoms with E-state index in [0.29, 0.717) is 11.1 Å². The van der Waals surface area contributed by atoms with Crippen molar-refractivity contribution in [2.45, 2.75) is 5.92 Å². The SMILES string of the molecule is N#CC(C(=O)c1cc2ccccc2o1)c1ccccc1. The number of furan rings is 1. The molecule has 2 aromatic carbocycles. The van der Waals surface area contributed by atoms with Crippen molar-refractivity contribution in [3.63, 3.8) is 0 Å². The number of hydrogen-bond donors (Lipinski definition) is 0. The van der Waals surface area contributed by atoms with E-state index in [2.05, 4.69) is 6.07 Å². The van der Waals surface area contributed by atoms with E-state index in [4.69, 9.17) is 4.42 Å². The molecule has 96 valence electrons. The topological polar surface area (TPSA) is 54.0 Å². The van der Waals surface area contributed by atoms with E-state index in [1.165, 1.54) is 0 Å². The Bertz CT molecular complexity index is 763. The van der Waals surface area contributed by atoms with Gasteiger partial charge in [0.1, 0.15) is 11.5 Å². The highest BCUT2D eigenvalue weighted by atomic mass is 16.3. The van der Waals surface area contributed by atoms with Gasteiger partial charge in [-0.2, -0.15) is 5.26 Å². The summed E-state index contributed by atoms with van der Waals surface area (Å²) in [6, 6.07) is 20.2. The van der Waals surface area contributed by atoms with Crippen LogP contribution in [0.2, 0.25) is 0 Å². The zero-order valence-corrected chi connectivity index (χ0v) is 10.6. The minimum Gasteiger partial charge on any atom is -0.453 e. The molecule has 0 fully saturated rings. The lowest BCUT2D eigenvalue weighted by molar-refractivity contribution is 0.0954. The summed E-state index contributed by atoms with van der Waals surface area (Å²) in [5.41, 5.74) is 1.33. The van der Waals surface area contributed by atoms with Gasteiger partial charge in [0.05, 0.1) is 6.07 Å². The van der Waals surface area contributed by atoms with Crippen molar-refractivity contribution in [1.29, 1.82) is 5.26 Å². The number of benzene rings is 2. The van der Waals surface area contributed by atoms with Crippen LogP contribution in [-0.4, -0.2) is 5.78 Å². The van der Waals surface area contributed by atoms with E-state index in [1.54, 1.807) is 24.3 Å². The molecule has 0 amide bonds. The highest BCUT2D eigenvalue weighted by molar-refractivity contribution is 6.03. The molecule has 0 aliphatic rings. The van der Waals surface area contributed by atoms with Crippen LogP contribution in [0.15, 0.2) is 65.1 Å². The van der Waals surface area contributed by atoms with E-state index in [-0.39, 0.29) is 11.5 Å². The predicted octanol–water partition coefficient (Wildman–Crippen LogP) is 3.92. The first-order valence-electron chi connectivity index (χ1n) is 6.27. The highest BCUT2D eigenvalue weighted by Crippen LogP contribution is 2.25. The van der Waals surface area contributed by atoms with Crippen molar-refractivity contribution in [2.75, 3.05) is 0 Å². The number of nitrogens with zero attached hydrogens (tertiary/aromatic N) is 1. The molecule has 0 bridgehead atoms. The van der Waals surface area contributed by atoms with Crippen LogP contribution in [0.5, 0.6) is 0 Å². The molecule has 3 nitrogen and oxygen atoms in total. The molecule has 20 heavy (non-hydrogen) atoms. The lowest BCUT2D eigenvalue weighted by atomic mass is 9.95. The van der Waals surface area contributed by atoms with Crippen molar-refractivity contribution >= 4 is 16.8 Å². The summed E-state index contributed by atoms with van der Waals surface area (Å²) in [4.78, 5) is 12.4. The number of carbonyl (C=O) groups is 1. The van der Waals surface area contributed by atoms with Gasteiger partial charge in [-0.05, 0) is 17.7 Å². The summed E-state index contributed by atoms with van der Waals surface area (Å²) in [5, 5.41) is 10.1. The number of para-hydroxylation sites is 1. The first kappa shape index (κ1) is 12.2. The van der Waals surface area contributed by atoms with Gasteiger partial charge in [0.25, 0.3) is 0 Å². The second-order valence-electron chi connectivity index (χ2n) is 4.49. The molecule has 0 radical (unpaired) electrons. The normalized spacial score (nSPS) is 11.9. The number of carbonyl (C=O) groups excluding carboxylic acids is 1. The Morgan fingerprint density at radius 2 is 1.75 bits per heavy atom. The summed E-state index contributed by atoms with van der Waals surface area (Å²) in [6.07, 6.45) is 0. The smallest absolute Gasteiger partial charge is 0.219 e. The second kappa shape index (κ2) is 5.02. The first-order valence-corrected chi connectivity index (χ1v) is 6.27. The van der Waals surface area contributed by atoms with Gasteiger partial charge in [-0.1, -0.05) is 48.5 Å². The average Bonchev–Trinajstić information content (AvgIpc) is 2.93. The Morgan fingerprint density at radius 1 is 1.05 bits per heavy atom. The summed E-state index contributed by atoms with van der Waals surface area (Å²) < 4.78 is 5.53. The quantitative estimate of drug-likeness (QED) is 0.671. The maximum absolute atomic E-state index is 12.4. The fourth-order valence-electron chi connectivity index (χ4n) is 2.18. The number of fused-ring (bicyclic) bond motifs is 1. The molecule has 1 heterocycles. The van der Waals surface area contributed by atoms with Crippen LogP contribution in [-0.2, 0) is 0 Å². The molecule has 0 saturated carbocycles. The number of Topliss-reactive ketones (excluding diaryl/α,β-unsaturated/α-hetero) is 1. The molecule has 0 spiro atoms. The maximum atomic E-state index is 12.4. The third-order valence-corrected chi connectivity index (χ3v) is 3.19. The molecule has 3 aromatic rings. The molecule has 0 aliphatic heterocycles. The summed E-state index contributed by atoms with van der Waals surface area (Å²) in [6.45, 7) is 0. The van der Waals surface area contributed by atoms with Gasteiger partial charge in [0, 0.05) is 5.39 Å². The minimum absolute atomic E-state index is 0.224. The van der Waals surface area contributed by atoms with Crippen LogP contribution in [0.25, 0.3) is 11.0 Å². The molecule has 3 rings (SSSR count). The predicted molar refractivity (Wildman–Crippen MR) is 75.3 cm³/mol. The Balaban J connectivity index is 2.01. The number of nitriles is 1. The lowest BCUT2D eigenvalue weighted by Gasteiger charge is -2.05. The van der Waals surface area contributed by atoms with Crippen LogP contribution in [0.4, 0.5) is 0 Å². The molecule has 0 saturated heterocycles. The Kier molecular flexibility index (Phi) is 3.06. The van der Waals surface area contributed by atoms with E-state index >= 15 is 0 Å². The Morgan fingerprint density at radius 3 is 2.45 bits per heavy atom. The van der Waals surface area contributed by atoms with Gasteiger partial charge < -0.3 is 4.42 Å². The van der Waals surface area contributed by atoms with Crippen LogP contribution in [0.3, 0.4) is 0 Å². The van der Waals surface area contributed by atoms with Gasteiger partial charge in [-0.3, -0.25) is 4.79 Å². The third kappa shape index (κ3) is 2.08. The van der Waals surface area contributed by atoms with Crippen LogP contribution in [0, 0.1) is 11.3 Å². The minimum atomic E-state index is -0.836. The third-order valence-electron chi connectivity index (χ3n) is 3.19. The van der Waals surface area contributed by atoms with Crippen LogP contribution in [0.1, 0.15) is 22.0 Å². The van der Waals surface area contributed by atoms with Crippen molar-refractivity contribution in [2.24, 2.45) is 0 Å². The van der Waals surface area contributed by atoms with Crippen molar-refractivity contribution in [3.05, 3.63) is 72.0 Å². The van der Waals surface area contributed by atoms with Gasteiger partial charge in [0.15, 0.2) is 5.76 Å². The molecule has 0 N–H and O–H groups in total. The average molecular weight is 261 g/mol. The zero-order valence-electron chi connectivity index (χ0n) is 10.6. The zero-order chi connectivity index (χ0) is 13.9. The summed E-state index contributed by atoms with van der Waals surface area (Å²) in [5.74, 6) is -0.923. The molecular weight excluding hydrogens is 250 g/mol. The molecule has 0 aliphatic carbocycles.